The Kier molecular flexibility index (Phi) is 9.01. The topological polar surface area (TPSA) is 26.3 Å². The van der Waals surface area contributed by atoms with Crippen LogP contribution in [0, 0.1) is 0 Å². The van der Waals surface area contributed by atoms with Crippen LogP contribution in [0.15, 0.2) is 48.5 Å². The fourth-order valence-electron chi connectivity index (χ4n) is 3.15. The minimum atomic E-state index is -8.67. The van der Waals surface area contributed by atoms with Crippen LogP contribution in [0.3, 0.4) is 0 Å². The summed E-state index contributed by atoms with van der Waals surface area (Å²) in [5.41, 5.74) is -2.11. The van der Waals surface area contributed by atoms with Crippen LogP contribution in [0.25, 0.3) is 12.2 Å². The summed E-state index contributed by atoms with van der Waals surface area (Å²) in [6.45, 7) is 1.11. The van der Waals surface area contributed by atoms with Gasteiger partial charge >= 0.3 is 53.6 Å². The van der Waals surface area contributed by atoms with E-state index in [-0.39, 0.29) is 23.4 Å². The lowest BCUT2D eigenvalue weighted by atomic mass is 9.87. The maximum absolute atomic E-state index is 14.4. The molecule has 0 amide bonds. The predicted octanol–water partition coefficient (Wildman–Crippen LogP) is 9.25. The number of benzene rings is 2. The molecule has 43 heavy (non-hydrogen) atoms. The molecule has 0 spiro atoms. The SMILES string of the molecule is CC(=O)Oc1ccc(/C=C/c2ccc(C(F)(F)C(F)(F)C(F)(F)C(F)(F)C(F)(F)C(F)(F)C(F)(F)C(F)(F)F)cc2)cc1. The van der Waals surface area contributed by atoms with Crippen LogP contribution in [-0.4, -0.2) is 47.7 Å². The summed E-state index contributed by atoms with van der Waals surface area (Å²) in [6.07, 6.45) is -5.47. The van der Waals surface area contributed by atoms with Crippen LogP contribution in [0.5, 0.6) is 5.75 Å². The van der Waals surface area contributed by atoms with Gasteiger partial charge in [-0.25, -0.2) is 0 Å². The van der Waals surface area contributed by atoms with Gasteiger partial charge in [0.2, 0.25) is 0 Å². The lowest BCUT2D eigenvalue weighted by Crippen LogP contribution is -2.74. The van der Waals surface area contributed by atoms with Gasteiger partial charge in [0.1, 0.15) is 5.75 Å². The van der Waals surface area contributed by atoms with Gasteiger partial charge in [-0.05, 0) is 23.3 Å². The van der Waals surface area contributed by atoms with Crippen molar-refractivity contribution in [2.75, 3.05) is 0 Å². The van der Waals surface area contributed by atoms with Crippen molar-refractivity contribution in [3.63, 3.8) is 0 Å². The number of esters is 1. The summed E-state index contributed by atoms with van der Waals surface area (Å²) >= 11 is 0. The summed E-state index contributed by atoms with van der Waals surface area (Å²) in [5, 5.41) is 0. The molecule has 2 rings (SSSR count). The number of carbonyl (C=O) groups excluding carboxylic acids is 1. The van der Waals surface area contributed by atoms with Gasteiger partial charge in [-0.15, -0.1) is 0 Å². The highest BCUT2D eigenvalue weighted by atomic mass is 19.4. The standard InChI is InChI=1S/C24H13F17O2/c1-12(42)43-16-10-6-14(7-11-16)3-2-13-4-8-15(9-5-13)17(25,26)18(27,28)19(29,30)20(31,32)21(33,34)22(35,36)23(37,38)24(39,40)41/h2-11H,1H3/b3-2+. The van der Waals surface area contributed by atoms with E-state index < -0.39 is 59.2 Å². The van der Waals surface area contributed by atoms with Crippen LogP contribution < -0.4 is 4.74 Å². The average Bonchev–Trinajstić information content (AvgIpc) is 2.86. The van der Waals surface area contributed by atoms with Gasteiger partial charge in [-0.2, -0.15) is 74.6 Å². The fraction of sp³-hybridized carbons (Fsp3) is 0.375. The highest BCUT2D eigenvalue weighted by molar-refractivity contribution is 5.71. The Morgan fingerprint density at radius 3 is 1.19 bits per heavy atom. The molecule has 2 nitrogen and oxygen atoms in total. The van der Waals surface area contributed by atoms with E-state index in [9.17, 15) is 79.4 Å². The third-order valence-corrected chi connectivity index (χ3v) is 5.61. The fourth-order valence-corrected chi connectivity index (χ4v) is 3.15. The minimum Gasteiger partial charge on any atom is -0.427 e. The van der Waals surface area contributed by atoms with Crippen molar-refractivity contribution in [1.82, 2.24) is 0 Å². The number of carbonyl (C=O) groups is 1. The molecular formula is C24H13F17O2. The largest absolute Gasteiger partial charge is 0.460 e. The molecule has 0 atom stereocenters. The number of alkyl halides is 17. The quantitative estimate of drug-likeness (QED) is 0.110. The van der Waals surface area contributed by atoms with Crippen molar-refractivity contribution >= 4 is 18.1 Å². The molecule has 19 heteroatoms. The summed E-state index contributed by atoms with van der Waals surface area (Å²) in [4.78, 5) is 10.9. The molecular weight excluding hydrogens is 643 g/mol. The first-order chi connectivity index (χ1) is 19.1. The van der Waals surface area contributed by atoms with Crippen molar-refractivity contribution in [3.8, 4) is 5.75 Å². The van der Waals surface area contributed by atoms with Crippen LogP contribution in [0.4, 0.5) is 74.6 Å². The molecule has 0 unspecified atom stereocenters. The zero-order chi connectivity index (χ0) is 33.7. The monoisotopic (exact) mass is 656 g/mol. The van der Waals surface area contributed by atoms with E-state index in [4.69, 9.17) is 4.74 Å². The molecule has 0 bridgehead atoms. The van der Waals surface area contributed by atoms with Crippen LogP contribution in [0.1, 0.15) is 23.6 Å². The van der Waals surface area contributed by atoms with E-state index >= 15 is 0 Å². The maximum atomic E-state index is 14.4. The molecule has 240 valence electrons. The van der Waals surface area contributed by atoms with Crippen molar-refractivity contribution in [2.24, 2.45) is 0 Å². The van der Waals surface area contributed by atoms with Crippen molar-refractivity contribution in [1.29, 1.82) is 0 Å². The second kappa shape index (κ2) is 10.9. The molecule has 2 aromatic rings. The third kappa shape index (κ3) is 5.73. The second-order valence-corrected chi connectivity index (χ2v) is 8.64. The Morgan fingerprint density at radius 1 is 0.512 bits per heavy atom. The molecule has 0 aliphatic rings. The Morgan fingerprint density at radius 2 is 0.837 bits per heavy atom. The number of hydrogen-bond donors (Lipinski definition) is 0. The van der Waals surface area contributed by atoms with Crippen LogP contribution in [-0.2, 0) is 10.7 Å². The van der Waals surface area contributed by atoms with Gasteiger partial charge in [0, 0.05) is 12.5 Å². The predicted molar refractivity (Wildman–Crippen MR) is 113 cm³/mol. The van der Waals surface area contributed by atoms with E-state index in [1.54, 1.807) is 0 Å². The molecule has 0 heterocycles. The summed E-state index contributed by atoms with van der Waals surface area (Å²) < 4.78 is 234. The van der Waals surface area contributed by atoms with E-state index in [0.29, 0.717) is 17.7 Å². The second-order valence-electron chi connectivity index (χ2n) is 8.64. The molecule has 2 aromatic carbocycles. The first-order valence-electron chi connectivity index (χ1n) is 10.9. The van der Waals surface area contributed by atoms with Gasteiger partial charge in [-0.3, -0.25) is 4.79 Å². The van der Waals surface area contributed by atoms with E-state index in [1.165, 1.54) is 30.3 Å². The zero-order valence-corrected chi connectivity index (χ0v) is 20.5. The Balaban J connectivity index is 2.43. The zero-order valence-electron chi connectivity index (χ0n) is 20.5. The number of rotatable bonds is 10. The van der Waals surface area contributed by atoms with Gasteiger partial charge < -0.3 is 4.74 Å². The molecule has 0 aliphatic heterocycles. The molecule has 0 radical (unpaired) electrons. The van der Waals surface area contributed by atoms with Gasteiger partial charge in [-0.1, -0.05) is 48.6 Å². The first kappa shape index (κ1) is 35.7. The number of ether oxygens (including phenoxy) is 1. The highest BCUT2D eigenvalue weighted by Gasteiger charge is 2.95. The van der Waals surface area contributed by atoms with Gasteiger partial charge in [0.05, 0.1) is 0 Å². The Bertz CT molecular complexity index is 1330. The smallest absolute Gasteiger partial charge is 0.427 e. The Hall–Kier alpha value is -3.54. The Labute approximate surface area is 228 Å². The van der Waals surface area contributed by atoms with Gasteiger partial charge in [0.15, 0.2) is 0 Å². The number of halogens is 17. The molecule has 0 aliphatic carbocycles. The van der Waals surface area contributed by atoms with E-state index in [1.807, 2.05) is 0 Å². The van der Waals surface area contributed by atoms with E-state index in [2.05, 4.69) is 0 Å². The normalized spacial score (nSPS) is 14.7. The molecule has 0 fully saturated rings. The van der Waals surface area contributed by atoms with Crippen molar-refractivity contribution in [3.05, 3.63) is 65.2 Å². The van der Waals surface area contributed by atoms with E-state index in [0.717, 1.165) is 13.0 Å². The lowest BCUT2D eigenvalue weighted by Gasteiger charge is -2.42. The van der Waals surface area contributed by atoms with Crippen molar-refractivity contribution in [2.45, 2.75) is 54.6 Å². The average molecular weight is 656 g/mol. The van der Waals surface area contributed by atoms with Crippen LogP contribution in [0.2, 0.25) is 0 Å². The third-order valence-electron chi connectivity index (χ3n) is 5.61. The maximum Gasteiger partial charge on any atom is 0.460 e. The van der Waals surface area contributed by atoms with Crippen LogP contribution >= 0.6 is 0 Å². The number of hydrogen-bond acceptors (Lipinski definition) is 2. The summed E-state index contributed by atoms with van der Waals surface area (Å²) in [6, 6.07) is 6.14. The summed E-state index contributed by atoms with van der Waals surface area (Å²) in [7, 11) is 0. The molecule has 0 N–H and O–H groups in total. The van der Waals surface area contributed by atoms with Crippen molar-refractivity contribution < 1.29 is 84.2 Å². The minimum absolute atomic E-state index is 0.101. The molecule has 0 saturated carbocycles. The molecule has 0 aromatic heterocycles. The highest BCUT2D eigenvalue weighted by Crippen LogP contribution is 2.65. The molecule has 0 saturated heterocycles. The van der Waals surface area contributed by atoms with Gasteiger partial charge in [0.25, 0.3) is 0 Å². The lowest BCUT2D eigenvalue weighted by molar-refractivity contribution is -0.462. The summed E-state index contributed by atoms with van der Waals surface area (Å²) in [5.74, 6) is -57.4. The first-order valence-corrected chi connectivity index (χ1v) is 10.9.